The van der Waals surface area contributed by atoms with E-state index >= 15 is 0 Å². The van der Waals surface area contributed by atoms with Crippen molar-refractivity contribution in [3.05, 3.63) is 47.3 Å². The van der Waals surface area contributed by atoms with Gasteiger partial charge in [0.2, 0.25) is 11.7 Å². The van der Waals surface area contributed by atoms with E-state index in [0.717, 1.165) is 37.4 Å². The van der Waals surface area contributed by atoms with Crippen molar-refractivity contribution in [2.75, 3.05) is 18.5 Å². The number of amides is 1. The summed E-state index contributed by atoms with van der Waals surface area (Å²) < 4.78 is 13.6. The molecule has 1 fully saturated rings. The molecule has 0 saturated carbocycles. The molecular formula is C21H26N2O4. The van der Waals surface area contributed by atoms with Crippen LogP contribution in [0.25, 0.3) is 0 Å². The van der Waals surface area contributed by atoms with Crippen LogP contribution in [0.2, 0.25) is 0 Å². The van der Waals surface area contributed by atoms with Crippen molar-refractivity contribution >= 4 is 17.4 Å². The summed E-state index contributed by atoms with van der Waals surface area (Å²) in [7, 11) is 0. The molecule has 1 atom stereocenters. The second-order valence-electron chi connectivity index (χ2n) is 6.92. The van der Waals surface area contributed by atoms with Crippen molar-refractivity contribution in [1.82, 2.24) is 4.57 Å². The van der Waals surface area contributed by atoms with Crippen molar-refractivity contribution < 1.29 is 19.1 Å². The molecule has 1 amide bonds. The Bertz CT molecular complexity index is 835. The lowest BCUT2D eigenvalue weighted by atomic mass is 10.1. The highest BCUT2D eigenvalue weighted by Crippen LogP contribution is 2.25. The number of carbonyl (C=O) groups excluding carboxylic acids is 2. The second-order valence-corrected chi connectivity index (χ2v) is 6.92. The maximum atomic E-state index is 12.7. The van der Waals surface area contributed by atoms with Crippen molar-refractivity contribution in [2.24, 2.45) is 0 Å². The molecule has 1 aromatic heterocycles. The minimum absolute atomic E-state index is 0.0825. The third-order valence-electron chi connectivity index (χ3n) is 4.84. The first kappa shape index (κ1) is 19.2. The number of carbonyl (C=O) groups is 2. The number of benzene rings is 1. The zero-order chi connectivity index (χ0) is 19.4. The maximum absolute atomic E-state index is 12.7. The fraction of sp³-hybridized carbons (Fsp3) is 0.429. The van der Waals surface area contributed by atoms with Crippen LogP contribution in [0.1, 0.15) is 41.5 Å². The van der Waals surface area contributed by atoms with Crippen molar-refractivity contribution in [3.8, 4) is 5.75 Å². The average molecular weight is 370 g/mol. The number of aryl methyl sites for hydroxylation is 1. The standard InChI is InChI=1S/C21H26N2O4/c1-14-11-18(15(2)23(14)12-17-7-6-10-26-17)20(25)13-27-21-9-5-4-8-19(21)22-16(3)24/h4-5,8-9,11,17H,6-7,10,12-13H2,1-3H3,(H,22,24). The number of Topliss-reactive ketones (excluding diaryl/α,β-unsaturated/α-hetero) is 1. The summed E-state index contributed by atoms with van der Waals surface area (Å²) >= 11 is 0. The van der Waals surface area contributed by atoms with Gasteiger partial charge < -0.3 is 19.4 Å². The van der Waals surface area contributed by atoms with Crippen LogP contribution in [-0.2, 0) is 16.1 Å². The topological polar surface area (TPSA) is 69.6 Å². The van der Waals surface area contributed by atoms with Gasteiger partial charge in [-0.15, -0.1) is 0 Å². The van der Waals surface area contributed by atoms with E-state index in [0.29, 0.717) is 17.0 Å². The van der Waals surface area contributed by atoms with E-state index in [1.165, 1.54) is 6.92 Å². The zero-order valence-corrected chi connectivity index (χ0v) is 16.1. The molecule has 0 bridgehead atoms. The number of hydrogen-bond acceptors (Lipinski definition) is 4. The molecule has 6 nitrogen and oxygen atoms in total. The fourth-order valence-corrected chi connectivity index (χ4v) is 3.46. The van der Waals surface area contributed by atoms with Gasteiger partial charge in [0, 0.05) is 37.0 Å². The number of nitrogens with zero attached hydrogens (tertiary/aromatic N) is 1. The van der Waals surface area contributed by atoms with Crippen molar-refractivity contribution in [3.63, 3.8) is 0 Å². The van der Waals surface area contributed by atoms with Crippen LogP contribution in [0.5, 0.6) is 5.75 Å². The maximum Gasteiger partial charge on any atom is 0.221 e. The summed E-state index contributed by atoms with van der Waals surface area (Å²) in [5, 5.41) is 2.71. The molecule has 1 N–H and O–H groups in total. The van der Waals surface area contributed by atoms with Gasteiger partial charge in [0.05, 0.1) is 11.8 Å². The van der Waals surface area contributed by atoms with E-state index in [1.54, 1.807) is 24.3 Å². The van der Waals surface area contributed by atoms with E-state index in [1.807, 2.05) is 19.9 Å². The summed E-state index contributed by atoms with van der Waals surface area (Å²) in [6.45, 7) is 6.91. The van der Waals surface area contributed by atoms with Gasteiger partial charge in [0.15, 0.2) is 6.61 Å². The summed E-state index contributed by atoms with van der Waals surface area (Å²) in [6.07, 6.45) is 2.37. The lowest BCUT2D eigenvalue weighted by molar-refractivity contribution is -0.114. The third kappa shape index (κ3) is 4.57. The Labute approximate surface area is 159 Å². The molecule has 0 aliphatic carbocycles. The zero-order valence-electron chi connectivity index (χ0n) is 16.1. The van der Waals surface area contributed by atoms with Gasteiger partial charge in [0.1, 0.15) is 5.75 Å². The van der Waals surface area contributed by atoms with Crippen LogP contribution in [0, 0.1) is 13.8 Å². The predicted octanol–water partition coefficient (Wildman–Crippen LogP) is 3.50. The minimum atomic E-state index is -0.185. The van der Waals surface area contributed by atoms with Crippen LogP contribution < -0.4 is 10.1 Å². The van der Waals surface area contributed by atoms with Crippen molar-refractivity contribution in [1.29, 1.82) is 0 Å². The highest BCUT2D eigenvalue weighted by atomic mass is 16.5. The quantitative estimate of drug-likeness (QED) is 0.758. The van der Waals surface area contributed by atoms with Gasteiger partial charge in [-0.3, -0.25) is 9.59 Å². The molecule has 1 aliphatic heterocycles. The van der Waals surface area contributed by atoms with Gasteiger partial charge in [-0.2, -0.15) is 0 Å². The Balaban J connectivity index is 1.69. The number of ether oxygens (including phenoxy) is 2. The van der Waals surface area contributed by atoms with E-state index < -0.39 is 0 Å². The lowest BCUT2D eigenvalue weighted by Gasteiger charge is -2.15. The molecule has 1 saturated heterocycles. The Morgan fingerprint density at radius 2 is 2.07 bits per heavy atom. The lowest BCUT2D eigenvalue weighted by Crippen LogP contribution is -2.18. The highest BCUT2D eigenvalue weighted by molar-refractivity contribution is 5.98. The number of ketones is 1. The van der Waals surface area contributed by atoms with Gasteiger partial charge in [0.25, 0.3) is 0 Å². The number of nitrogens with one attached hydrogen (secondary N) is 1. The molecule has 0 spiro atoms. The summed E-state index contributed by atoms with van der Waals surface area (Å²) in [5.41, 5.74) is 3.21. The predicted molar refractivity (Wildman–Crippen MR) is 103 cm³/mol. The van der Waals surface area contributed by atoms with E-state index in [4.69, 9.17) is 9.47 Å². The molecule has 2 aromatic rings. The molecular weight excluding hydrogens is 344 g/mol. The molecule has 0 radical (unpaired) electrons. The fourth-order valence-electron chi connectivity index (χ4n) is 3.46. The number of anilines is 1. The minimum Gasteiger partial charge on any atom is -0.483 e. The Kier molecular flexibility index (Phi) is 5.96. The van der Waals surface area contributed by atoms with Crippen LogP contribution in [-0.4, -0.2) is 35.6 Å². The molecule has 1 unspecified atom stereocenters. The highest BCUT2D eigenvalue weighted by Gasteiger charge is 2.21. The molecule has 1 aliphatic rings. The smallest absolute Gasteiger partial charge is 0.221 e. The Morgan fingerprint density at radius 3 is 2.78 bits per heavy atom. The first-order chi connectivity index (χ1) is 13.0. The Morgan fingerprint density at radius 1 is 1.30 bits per heavy atom. The van der Waals surface area contributed by atoms with Crippen LogP contribution in [0.15, 0.2) is 30.3 Å². The molecule has 1 aromatic carbocycles. The van der Waals surface area contributed by atoms with Crippen LogP contribution in [0.4, 0.5) is 5.69 Å². The van der Waals surface area contributed by atoms with E-state index in [9.17, 15) is 9.59 Å². The first-order valence-electron chi connectivity index (χ1n) is 9.26. The van der Waals surface area contributed by atoms with Crippen molar-refractivity contribution in [2.45, 2.75) is 46.3 Å². The molecule has 6 heteroatoms. The SMILES string of the molecule is CC(=O)Nc1ccccc1OCC(=O)c1cc(C)n(CC2CCCO2)c1C. The second kappa shape index (κ2) is 8.39. The molecule has 27 heavy (non-hydrogen) atoms. The largest absolute Gasteiger partial charge is 0.483 e. The van der Waals surface area contributed by atoms with Crippen LogP contribution in [0.3, 0.4) is 0 Å². The van der Waals surface area contributed by atoms with E-state index in [2.05, 4.69) is 9.88 Å². The summed E-state index contributed by atoms with van der Waals surface area (Å²) in [5.74, 6) is 0.212. The Hall–Kier alpha value is -2.60. The normalized spacial score (nSPS) is 16.3. The number of aromatic nitrogens is 1. The number of rotatable bonds is 7. The van der Waals surface area contributed by atoms with Crippen LogP contribution >= 0.6 is 0 Å². The molecule has 144 valence electrons. The van der Waals surface area contributed by atoms with E-state index in [-0.39, 0.29) is 24.4 Å². The summed E-state index contributed by atoms with van der Waals surface area (Å²) in [6, 6.07) is 9.00. The molecule has 3 rings (SSSR count). The molecule has 2 heterocycles. The monoisotopic (exact) mass is 370 g/mol. The van der Waals surface area contributed by atoms with Gasteiger partial charge in [-0.05, 0) is 44.9 Å². The average Bonchev–Trinajstić information content (AvgIpc) is 3.24. The van der Waals surface area contributed by atoms with Gasteiger partial charge in [-0.1, -0.05) is 12.1 Å². The first-order valence-corrected chi connectivity index (χ1v) is 9.26. The number of hydrogen-bond donors (Lipinski definition) is 1. The third-order valence-corrected chi connectivity index (χ3v) is 4.84. The number of para-hydroxylation sites is 2. The van der Waals surface area contributed by atoms with Gasteiger partial charge >= 0.3 is 0 Å². The summed E-state index contributed by atoms with van der Waals surface area (Å²) in [4.78, 5) is 24.0. The van der Waals surface area contributed by atoms with Gasteiger partial charge in [-0.25, -0.2) is 0 Å².